The van der Waals surface area contributed by atoms with Crippen LogP contribution in [0.15, 0.2) is 82.8 Å². The first-order valence-electron chi connectivity index (χ1n) is 13.3. The van der Waals surface area contributed by atoms with Crippen molar-refractivity contribution in [2.75, 3.05) is 37.7 Å². The number of sulfonamides is 1. The lowest BCUT2D eigenvalue weighted by Crippen LogP contribution is -2.39. The van der Waals surface area contributed by atoms with Crippen LogP contribution in [0.1, 0.15) is 30.4 Å². The highest BCUT2D eigenvalue weighted by Gasteiger charge is 2.29. The zero-order valence-corrected chi connectivity index (χ0v) is 24.0. The molecule has 1 N–H and O–H groups in total. The Bertz CT molecular complexity index is 1470. The summed E-state index contributed by atoms with van der Waals surface area (Å²) in [5.41, 5.74) is 4.20. The van der Waals surface area contributed by atoms with Gasteiger partial charge in [-0.25, -0.2) is 13.8 Å². The van der Waals surface area contributed by atoms with Gasteiger partial charge in [0.05, 0.1) is 23.9 Å². The maximum atomic E-state index is 13.6. The fourth-order valence-electron chi connectivity index (χ4n) is 4.35. The Labute approximate surface area is 240 Å². The standard InChI is InChI=1S/C30H34N4O6S/c1-23-10-16-26(17-11-23)41(37,38)34(27-8-4-5-9-28(27)39-2)21-29(35)32-31-20-24-12-14-25(15-13-24)40-22-30(36)33-18-6-3-7-19-33/h4-5,8-17,20H,3,6-7,18-19,21-22H2,1-2H3,(H,32,35)/b31-20-. The predicted molar refractivity (Wildman–Crippen MR) is 157 cm³/mol. The molecule has 0 atom stereocenters. The summed E-state index contributed by atoms with van der Waals surface area (Å²) in [6.45, 7) is 2.87. The van der Waals surface area contributed by atoms with Crippen molar-refractivity contribution in [3.63, 3.8) is 0 Å². The predicted octanol–water partition coefficient (Wildman–Crippen LogP) is 3.74. The van der Waals surface area contributed by atoms with Crippen LogP contribution in [-0.2, 0) is 19.6 Å². The first-order valence-corrected chi connectivity index (χ1v) is 14.8. The van der Waals surface area contributed by atoms with E-state index in [0.717, 1.165) is 42.2 Å². The zero-order chi connectivity index (χ0) is 29.2. The number of rotatable bonds is 11. The number of piperidine rings is 1. The van der Waals surface area contributed by atoms with E-state index in [-0.39, 0.29) is 23.1 Å². The van der Waals surface area contributed by atoms with Gasteiger partial charge in [0.2, 0.25) is 0 Å². The van der Waals surface area contributed by atoms with Gasteiger partial charge in [-0.2, -0.15) is 5.10 Å². The molecule has 0 aliphatic carbocycles. The van der Waals surface area contributed by atoms with E-state index >= 15 is 0 Å². The first-order chi connectivity index (χ1) is 19.8. The second-order valence-corrected chi connectivity index (χ2v) is 11.5. The third kappa shape index (κ3) is 7.85. The van der Waals surface area contributed by atoms with Gasteiger partial charge >= 0.3 is 0 Å². The summed E-state index contributed by atoms with van der Waals surface area (Å²) in [7, 11) is -2.67. The van der Waals surface area contributed by atoms with Crippen molar-refractivity contribution >= 4 is 33.7 Å². The van der Waals surface area contributed by atoms with Crippen LogP contribution in [0.25, 0.3) is 0 Å². The first kappa shape index (κ1) is 29.6. The van der Waals surface area contributed by atoms with E-state index in [4.69, 9.17) is 9.47 Å². The SMILES string of the molecule is COc1ccccc1N(CC(=O)N/N=C\c1ccc(OCC(=O)N2CCCCC2)cc1)S(=O)(=O)c1ccc(C)cc1. The van der Waals surface area contributed by atoms with Crippen molar-refractivity contribution in [1.82, 2.24) is 10.3 Å². The van der Waals surface area contributed by atoms with Gasteiger partial charge in [-0.3, -0.25) is 13.9 Å². The van der Waals surface area contributed by atoms with Crippen molar-refractivity contribution in [3.05, 3.63) is 83.9 Å². The van der Waals surface area contributed by atoms with Crippen LogP contribution in [-0.4, -0.2) is 64.7 Å². The molecule has 0 bridgehead atoms. The second-order valence-electron chi connectivity index (χ2n) is 9.59. The Hall–Kier alpha value is -4.38. The molecular formula is C30H34N4O6S. The summed E-state index contributed by atoms with van der Waals surface area (Å²) >= 11 is 0. The number of hydrogen-bond acceptors (Lipinski definition) is 7. The number of aryl methyl sites for hydroxylation is 1. The topological polar surface area (TPSA) is 118 Å². The van der Waals surface area contributed by atoms with Crippen LogP contribution in [0.5, 0.6) is 11.5 Å². The van der Waals surface area contributed by atoms with E-state index in [1.54, 1.807) is 60.7 Å². The van der Waals surface area contributed by atoms with Crippen LogP contribution in [0.3, 0.4) is 0 Å². The molecule has 0 unspecified atom stereocenters. The van der Waals surface area contributed by atoms with E-state index < -0.39 is 22.5 Å². The molecule has 10 nitrogen and oxygen atoms in total. The highest BCUT2D eigenvalue weighted by molar-refractivity contribution is 7.92. The van der Waals surface area contributed by atoms with Gasteiger partial charge in [-0.05, 0) is 80.3 Å². The van der Waals surface area contributed by atoms with Crippen molar-refractivity contribution in [1.29, 1.82) is 0 Å². The molecule has 1 aliphatic rings. The molecule has 3 aromatic carbocycles. The third-order valence-electron chi connectivity index (χ3n) is 6.60. The molecule has 3 aromatic rings. The summed E-state index contributed by atoms with van der Waals surface area (Å²) in [6, 6.07) is 19.9. The van der Waals surface area contributed by atoms with E-state index in [0.29, 0.717) is 17.1 Å². The highest BCUT2D eigenvalue weighted by atomic mass is 32.2. The average molecular weight is 579 g/mol. The molecule has 4 rings (SSSR count). The lowest BCUT2D eigenvalue weighted by molar-refractivity contribution is -0.134. The fourth-order valence-corrected chi connectivity index (χ4v) is 5.78. The summed E-state index contributed by atoms with van der Waals surface area (Å²) in [5, 5.41) is 3.98. The molecule has 11 heteroatoms. The third-order valence-corrected chi connectivity index (χ3v) is 8.38. The monoisotopic (exact) mass is 578 g/mol. The van der Waals surface area contributed by atoms with Gasteiger partial charge in [0, 0.05) is 13.1 Å². The van der Waals surface area contributed by atoms with Crippen molar-refractivity contribution in [3.8, 4) is 11.5 Å². The minimum atomic E-state index is -4.10. The van der Waals surface area contributed by atoms with Gasteiger partial charge in [0.15, 0.2) is 6.61 Å². The molecule has 1 aliphatic heterocycles. The Morgan fingerprint density at radius 1 is 0.976 bits per heavy atom. The molecule has 216 valence electrons. The molecule has 0 radical (unpaired) electrons. The van der Waals surface area contributed by atoms with E-state index in [1.165, 1.54) is 25.5 Å². The smallest absolute Gasteiger partial charge is 0.264 e. The van der Waals surface area contributed by atoms with Crippen LogP contribution in [0.2, 0.25) is 0 Å². The molecule has 2 amide bonds. The number of amides is 2. The largest absolute Gasteiger partial charge is 0.495 e. The zero-order valence-electron chi connectivity index (χ0n) is 23.2. The normalized spacial score (nSPS) is 13.6. The Morgan fingerprint density at radius 3 is 2.34 bits per heavy atom. The fraction of sp³-hybridized carbons (Fsp3) is 0.300. The van der Waals surface area contributed by atoms with Crippen molar-refractivity contribution < 1.29 is 27.5 Å². The molecule has 41 heavy (non-hydrogen) atoms. The number of hydrogen-bond donors (Lipinski definition) is 1. The Morgan fingerprint density at radius 2 is 1.66 bits per heavy atom. The van der Waals surface area contributed by atoms with Crippen LogP contribution >= 0.6 is 0 Å². The lowest BCUT2D eigenvalue weighted by Gasteiger charge is -2.26. The van der Waals surface area contributed by atoms with Gasteiger partial charge < -0.3 is 14.4 Å². The summed E-state index contributed by atoms with van der Waals surface area (Å²) in [4.78, 5) is 27.0. The number of hydrazone groups is 1. The van der Waals surface area contributed by atoms with Crippen molar-refractivity contribution in [2.24, 2.45) is 5.10 Å². The number of ether oxygens (including phenoxy) is 2. The van der Waals surface area contributed by atoms with E-state index in [9.17, 15) is 18.0 Å². The van der Waals surface area contributed by atoms with Crippen molar-refractivity contribution in [2.45, 2.75) is 31.1 Å². The van der Waals surface area contributed by atoms with E-state index in [1.807, 2.05) is 11.8 Å². The molecule has 0 aromatic heterocycles. The average Bonchev–Trinajstić information content (AvgIpc) is 3.00. The molecule has 0 saturated carbocycles. The number of anilines is 1. The van der Waals surface area contributed by atoms with Crippen LogP contribution < -0.4 is 19.2 Å². The van der Waals surface area contributed by atoms with Gasteiger partial charge in [-0.1, -0.05) is 29.8 Å². The number of benzene rings is 3. The molecule has 0 spiro atoms. The molecule has 1 fully saturated rings. The minimum absolute atomic E-state index is 0.0162. The number of nitrogens with zero attached hydrogens (tertiary/aromatic N) is 3. The maximum absolute atomic E-state index is 13.6. The number of nitrogens with one attached hydrogen (secondary N) is 1. The number of carbonyl (C=O) groups is 2. The Kier molecular flexibility index (Phi) is 9.96. The maximum Gasteiger partial charge on any atom is 0.264 e. The molecule has 1 saturated heterocycles. The summed E-state index contributed by atoms with van der Waals surface area (Å²) in [6.07, 6.45) is 4.64. The second kappa shape index (κ2) is 13.8. The summed E-state index contributed by atoms with van der Waals surface area (Å²) < 4.78 is 39.1. The Balaban J connectivity index is 1.39. The summed E-state index contributed by atoms with van der Waals surface area (Å²) in [5.74, 6) is 0.188. The number of methoxy groups -OCH3 is 1. The minimum Gasteiger partial charge on any atom is -0.495 e. The number of likely N-dealkylation sites (tertiary alicyclic amines) is 1. The van der Waals surface area contributed by atoms with Gasteiger partial charge in [0.1, 0.15) is 18.0 Å². The quantitative estimate of drug-likeness (QED) is 0.274. The number of para-hydroxylation sites is 2. The molecule has 1 heterocycles. The van der Waals surface area contributed by atoms with E-state index in [2.05, 4.69) is 10.5 Å². The molecular weight excluding hydrogens is 544 g/mol. The van der Waals surface area contributed by atoms with Gasteiger partial charge in [-0.15, -0.1) is 0 Å². The number of carbonyl (C=O) groups excluding carboxylic acids is 2. The van der Waals surface area contributed by atoms with Crippen LogP contribution in [0, 0.1) is 6.92 Å². The van der Waals surface area contributed by atoms with Gasteiger partial charge in [0.25, 0.3) is 21.8 Å². The lowest BCUT2D eigenvalue weighted by atomic mass is 10.1. The highest BCUT2D eigenvalue weighted by Crippen LogP contribution is 2.32. The van der Waals surface area contributed by atoms with Crippen LogP contribution in [0.4, 0.5) is 5.69 Å².